The van der Waals surface area contributed by atoms with Crippen molar-refractivity contribution in [1.82, 2.24) is 0 Å². The molecule has 3 rings (SSSR count). The van der Waals surface area contributed by atoms with Gasteiger partial charge in [-0.05, 0) is 37.6 Å². The monoisotopic (exact) mass is 355 g/mol. The second-order valence-electron chi connectivity index (χ2n) is 6.17. The van der Waals surface area contributed by atoms with E-state index in [9.17, 15) is 9.59 Å². The molecule has 25 heavy (non-hydrogen) atoms. The van der Waals surface area contributed by atoms with E-state index in [0.717, 1.165) is 22.6 Å². The number of aryl methyl sites for hydroxylation is 1. The Bertz CT molecular complexity index is 773. The summed E-state index contributed by atoms with van der Waals surface area (Å²) in [5.74, 6) is -0.665. The van der Waals surface area contributed by atoms with Gasteiger partial charge in [-0.25, -0.2) is 4.79 Å². The average Bonchev–Trinajstić information content (AvgIpc) is 2.78. The van der Waals surface area contributed by atoms with Crippen molar-refractivity contribution in [2.24, 2.45) is 0 Å². The summed E-state index contributed by atoms with van der Waals surface area (Å²) in [6, 6.07) is 15.0. The fourth-order valence-electron chi connectivity index (χ4n) is 2.72. The van der Waals surface area contributed by atoms with Crippen LogP contribution in [0.25, 0.3) is 0 Å². The van der Waals surface area contributed by atoms with Crippen LogP contribution >= 0.6 is 11.8 Å². The van der Waals surface area contributed by atoms with E-state index in [1.807, 2.05) is 43.3 Å². The number of hydrogen-bond donors (Lipinski definition) is 0. The largest absolute Gasteiger partial charge is 0.452 e. The SMILES string of the molecule is Cc1ccc(C(=O)OCC(=O)N2CC[C@@H](C)Sc3ccccc32)cc1. The summed E-state index contributed by atoms with van der Waals surface area (Å²) < 4.78 is 5.23. The molecule has 0 saturated carbocycles. The molecule has 5 heteroatoms. The van der Waals surface area contributed by atoms with Crippen LogP contribution < -0.4 is 4.90 Å². The number of benzene rings is 2. The molecule has 130 valence electrons. The Morgan fingerprint density at radius 2 is 1.88 bits per heavy atom. The van der Waals surface area contributed by atoms with E-state index in [1.54, 1.807) is 28.8 Å². The molecule has 1 amide bonds. The van der Waals surface area contributed by atoms with E-state index < -0.39 is 5.97 Å². The summed E-state index contributed by atoms with van der Waals surface area (Å²) in [5.41, 5.74) is 2.42. The molecule has 0 spiro atoms. The molecule has 0 fully saturated rings. The second kappa shape index (κ2) is 7.74. The molecule has 0 aromatic heterocycles. The van der Waals surface area contributed by atoms with Gasteiger partial charge in [0.2, 0.25) is 0 Å². The zero-order chi connectivity index (χ0) is 17.8. The number of rotatable bonds is 3. The zero-order valence-corrected chi connectivity index (χ0v) is 15.2. The van der Waals surface area contributed by atoms with Gasteiger partial charge in [0.15, 0.2) is 6.61 Å². The van der Waals surface area contributed by atoms with Crippen molar-refractivity contribution in [2.45, 2.75) is 30.4 Å². The molecule has 0 radical (unpaired) electrons. The number of fused-ring (bicyclic) bond motifs is 1. The van der Waals surface area contributed by atoms with Crippen molar-refractivity contribution in [3.8, 4) is 0 Å². The number of amides is 1. The fraction of sp³-hybridized carbons (Fsp3) is 0.300. The van der Waals surface area contributed by atoms with E-state index in [-0.39, 0.29) is 12.5 Å². The van der Waals surface area contributed by atoms with E-state index >= 15 is 0 Å². The lowest BCUT2D eigenvalue weighted by Gasteiger charge is -2.22. The fourth-order valence-corrected chi connectivity index (χ4v) is 3.84. The van der Waals surface area contributed by atoms with E-state index in [2.05, 4.69) is 6.92 Å². The van der Waals surface area contributed by atoms with Crippen LogP contribution in [0.15, 0.2) is 53.4 Å². The molecule has 1 aliphatic rings. The minimum atomic E-state index is -0.473. The maximum atomic E-state index is 12.6. The topological polar surface area (TPSA) is 46.6 Å². The summed E-state index contributed by atoms with van der Waals surface area (Å²) >= 11 is 1.77. The van der Waals surface area contributed by atoms with Crippen LogP contribution in [-0.4, -0.2) is 30.3 Å². The summed E-state index contributed by atoms with van der Waals surface area (Å²) in [5, 5.41) is 0.439. The third kappa shape index (κ3) is 4.23. The number of carbonyl (C=O) groups is 2. The molecule has 0 N–H and O–H groups in total. The highest BCUT2D eigenvalue weighted by Gasteiger charge is 2.24. The predicted molar refractivity (Wildman–Crippen MR) is 100 cm³/mol. The molecule has 2 aromatic rings. The van der Waals surface area contributed by atoms with Crippen molar-refractivity contribution in [2.75, 3.05) is 18.1 Å². The van der Waals surface area contributed by atoms with Crippen molar-refractivity contribution in [3.05, 3.63) is 59.7 Å². The Morgan fingerprint density at radius 3 is 2.64 bits per heavy atom. The van der Waals surface area contributed by atoms with Gasteiger partial charge in [-0.2, -0.15) is 0 Å². The highest BCUT2D eigenvalue weighted by atomic mass is 32.2. The molecular weight excluding hydrogens is 334 g/mol. The Hall–Kier alpha value is -2.27. The van der Waals surface area contributed by atoms with Crippen LogP contribution in [-0.2, 0) is 9.53 Å². The van der Waals surface area contributed by atoms with Crippen molar-refractivity contribution in [1.29, 1.82) is 0 Å². The summed E-state index contributed by atoms with van der Waals surface area (Å²) in [6.45, 7) is 4.49. The second-order valence-corrected chi connectivity index (χ2v) is 7.65. The highest BCUT2D eigenvalue weighted by Crippen LogP contribution is 2.37. The maximum absolute atomic E-state index is 12.6. The Balaban J connectivity index is 1.68. The van der Waals surface area contributed by atoms with Crippen LogP contribution in [0, 0.1) is 6.92 Å². The molecule has 1 atom stereocenters. The van der Waals surface area contributed by atoms with Crippen LogP contribution in [0.1, 0.15) is 29.3 Å². The number of thioether (sulfide) groups is 1. The first kappa shape index (κ1) is 17.5. The number of anilines is 1. The molecule has 1 heterocycles. The molecular formula is C20H21NO3S. The van der Waals surface area contributed by atoms with Gasteiger partial charge in [0.1, 0.15) is 0 Å². The minimum Gasteiger partial charge on any atom is -0.452 e. The van der Waals surface area contributed by atoms with Gasteiger partial charge < -0.3 is 9.64 Å². The number of nitrogens with zero attached hydrogens (tertiary/aromatic N) is 1. The summed E-state index contributed by atoms with van der Waals surface area (Å²) in [6.07, 6.45) is 0.900. The molecule has 4 nitrogen and oxygen atoms in total. The molecule has 0 bridgehead atoms. The van der Waals surface area contributed by atoms with Crippen LogP contribution in [0.4, 0.5) is 5.69 Å². The zero-order valence-electron chi connectivity index (χ0n) is 14.4. The van der Waals surface area contributed by atoms with Crippen molar-refractivity contribution >= 4 is 29.3 Å². The van der Waals surface area contributed by atoms with Gasteiger partial charge >= 0.3 is 5.97 Å². The molecule has 0 saturated heterocycles. The maximum Gasteiger partial charge on any atom is 0.338 e. The van der Waals surface area contributed by atoms with Gasteiger partial charge in [-0.3, -0.25) is 4.79 Å². The number of hydrogen-bond acceptors (Lipinski definition) is 4. The summed E-state index contributed by atoms with van der Waals surface area (Å²) in [7, 11) is 0. The van der Waals surface area contributed by atoms with Crippen LogP contribution in [0.5, 0.6) is 0 Å². The van der Waals surface area contributed by atoms with Gasteiger partial charge in [0, 0.05) is 16.7 Å². The quantitative estimate of drug-likeness (QED) is 0.779. The van der Waals surface area contributed by atoms with Crippen molar-refractivity contribution < 1.29 is 14.3 Å². The lowest BCUT2D eigenvalue weighted by molar-refractivity contribution is -0.121. The van der Waals surface area contributed by atoms with Crippen LogP contribution in [0.3, 0.4) is 0 Å². The van der Waals surface area contributed by atoms with Gasteiger partial charge in [0.25, 0.3) is 5.91 Å². The van der Waals surface area contributed by atoms with Gasteiger partial charge in [0.05, 0.1) is 11.3 Å². The van der Waals surface area contributed by atoms with E-state index in [1.165, 1.54) is 0 Å². The lowest BCUT2D eigenvalue weighted by Crippen LogP contribution is -2.35. The normalized spacial score (nSPS) is 16.7. The standard InChI is InChI=1S/C20H21NO3S/c1-14-7-9-16(10-8-14)20(23)24-13-19(22)21-12-11-15(2)25-18-6-4-3-5-17(18)21/h3-10,15H,11-13H2,1-2H3/t15-/m1/s1. The summed E-state index contributed by atoms with van der Waals surface area (Å²) in [4.78, 5) is 27.6. The third-order valence-electron chi connectivity index (χ3n) is 4.16. The Labute approximate surface area is 152 Å². The average molecular weight is 355 g/mol. The minimum absolute atomic E-state index is 0.192. The van der Waals surface area contributed by atoms with Gasteiger partial charge in [-0.15, -0.1) is 11.8 Å². The Kier molecular flexibility index (Phi) is 5.43. The smallest absolute Gasteiger partial charge is 0.338 e. The Morgan fingerprint density at radius 1 is 1.16 bits per heavy atom. The lowest BCUT2D eigenvalue weighted by atomic mass is 10.1. The first-order valence-corrected chi connectivity index (χ1v) is 9.22. The molecule has 1 aliphatic heterocycles. The number of para-hydroxylation sites is 1. The highest BCUT2D eigenvalue weighted by molar-refractivity contribution is 8.00. The van der Waals surface area contributed by atoms with Gasteiger partial charge in [-0.1, -0.05) is 36.8 Å². The van der Waals surface area contributed by atoms with E-state index in [4.69, 9.17) is 4.74 Å². The first-order chi connectivity index (χ1) is 12.0. The number of ether oxygens (including phenoxy) is 1. The van der Waals surface area contributed by atoms with E-state index in [0.29, 0.717) is 17.4 Å². The third-order valence-corrected chi connectivity index (χ3v) is 5.40. The van der Waals surface area contributed by atoms with Crippen LogP contribution in [0.2, 0.25) is 0 Å². The number of esters is 1. The first-order valence-electron chi connectivity index (χ1n) is 8.34. The van der Waals surface area contributed by atoms with Crippen molar-refractivity contribution in [3.63, 3.8) is 0 Å². The molecule has 0 aliphatic carbocycles. The predicted octanol–water partition coefficient (Wildman–Crippen LogP) is 4.07. The number of carbonyl (C=O) groups excluding carboxylic acids is 2. The molecule has 2 aromatic carbocycles. The molecule has 0 unspecified atom stereocenters.